The van der Waals surface area contributed by atoms with Crippen LogP contribution in [0.3, 0.4) is 0 Å². The van der Waals surface area contributed by atoms with E-state index in [0.29, 0.717) is 23.7 Å². The lowest BCUT2D eigenvalue weighted by Crippen LogP contribution is -2.48. The molecule has 0 aromatic heterocycles. The molecule has 0 saturated heterocycles. The van der Waals surface area contributed by atoms with Gasteiger partial charge in [0.05, 0.1) is 6.10 Å². The summed E-state index contributed by atoms with van der Waals surface area (Å²) < 4.78 is 13.0. The van der Waals surface area contributed by atoms with Crippen LogP contribution in [0.1, 0.15) is 120 Å². The van der Waals surface area contributed by atoms with Crippen LogP contribution >= 0.6 is 0 Å². The average molecular weight is 441 g/mol. The minimum absolute atomic E-state index is 0.353. The van der Waals surface area contributed by atoms with E-state index in [-0.39, 0.29) is 0 Å². The lowest BCUT2D eigenvalue weighted by atomic mass is 9.49. The summed E-state index contributed by atoms with van der Waals surface area (Å²) in [6, 6.07) is 0. The first-order chi connectivity index (χ1) is 14.9. The van der Waals surface area contributed by atoms with Crippen LogP contribution in [0.4, 0.5) is 4.39 Å². The highest BCUT2D eigenvalue weighted by molar-refractivity contribution is 5.07. The number of aliphatic hydroxyl groups is 1. The topological polar surface area (TPSA) is 20.2 Å². The van der Waals surface area contributed by atoms with Crippen molar-refractivity contribution in [3.05, 3.63) is 0 Å². The van der Waals surface area contributed by atoms with Gasteiger partial charge in [0.2, 0.25) is 0 Å². The fraction of sp³-hybridized carbons (Fsp3) is 1.00. The second kappa shape index (κ2) is 13.6. The van der Waals surface area contributed by atoms with Crippen LogP contribution in [-0.4, -0.2) is 17.9 Å². The Labute approximate surface area is 195 Å². The summed E-state index contributed by atoms with van der Waals surface area (Å²) in [5.74, 6) is 6.86. The SMILES string of the molecule is CC.CC.CC.C[C@H]1CC[C@@H]2C3CC[C@@]4(C)C(C[C@@H](C)C4CC(O)CF)[C@@H]3CC[C@@H]2C1. The zero-order chi connectivity index (χ0) is 23.8. The highest BCUT2D eigenvalue weighted by Gasteiger charge is 2.58. The molecule has 0 amide bonds. The highest BCUT2D eigenvalue weighted by atomic mass is 19.1. The Morgan fingerprint density at radius 1 is 0.839 bits per heavy atom. The summed E-state index contributed by atoms with van der Waals surface area (Å²) in [6.45, 7) is 18.8. The smallest absolute Gasteiger partial charge is 0.115 e. The molecule has 4 fully saturated rings. The van der Waals surface area contributed by atoms with Crippen LogP contribution in [0.25, 0.3) is 0 Å². The van der Waals surface area contributed by atoms with E-state index in [1.165, 1.54) is 51.4 Å². The van der Waals surface area contributed by atoms with Gasteiger partial charge in [0, 0.05) is 0 Å². The first-order valence-corrected chi connectivity index (χ1v) is 14.2. The van der Waals surface area contributed by atoms with Gasteiger partial charge in [0.15, 0.2) is 0 Å². The van der Waals surface area contributed by atoms with Crippen molar-refractivity contribution in [1.82, 2.24) is 0 Å². The maximum atomic E-state index is 13.0. The largest absolute Gasteiger partial charge is 0.390 e. The minimum atomic E-state index is -0.740. The van der Waals surface area contributed by atoms with Crippen molar-refractivity contribution >= 4 is 0 Å². The predicted molar refractivity (Wildman–Crippen MR) is 135 cm³/mol. The minimum Gasteiger partial charge on any atom is -0.390 e. The van der Waals surface area contributed by atoms with Gasteiger partial charge >= 0.3 is 0 Å². The third-order valence-electron chi connectivity index (χ3n) is 9.52. The summed E-state index contributed by atoms with van der Waals surface area (Å²) in [5.41, 5.74) is 0.353. The van der Waals surface area contributed by atoms with Crippen molar-refractivity contribution in [1.29, 1.82) is 0 Å². The van der Waals surface area contributed by atoms with Gasteiger partial charge in [-0.25, -0.2) is 4.39 Å². The van der Waals surface area contributed by atoms with Crippen molar-refractivity contribution in [2.45, 2.75) is 126 Å². The molecule has 0 aromatic carbocycles. The van der Waals surface area contributed by atoms with E-state index in [1.807, 2.05) is 41.5 Å². The van der Waals surface area contributed by atoms with Gasteiger partial charge in [-0.3, -0.25) is 0 Å². The van der Waals surface area contributed by atoms with Crippen LogP contribution in [0.2, 0.25) is 0 Å². The van der Waals surface area contributed by atoms with Gasteiger partial charge < -0.3 is 5.11 Å². The van der Waals surface area contributed by atoms with Crippen LogP contribution in [0, 0.1) is 52.8 Å². The van der Waals surface area contributed by atoms with Crippen molar-refractivity contribution < 1.29 is 9.50 Å². The molecular formula is C29H57FO. The van der Waals surface area contributed by atoms with Gasteiger partial charge in [-0.1, -0.05) is 68.7 Å². The third-order valence-corrected chi connectivity index (χ3v) is 9.52. The molecule has 4 unspecified atom stereocenters. The van der Waals surface area contributed by atoms with Crippen molar-refractivity contribution in [3.8, 4) is 0 Å². The number of hydrogen-bond donors (Lipinski definition) is 1. The molecule has 1 nitrogen and oxygen atoms in total. The Morgan fingerprint density at radius 3 is 2.06 bits per heavy atom. The van der Waals surface area contributed by atoms with Gasteiger partial charge in [-0.2, -0.15) is 0 Å². The van der Waals surface area contributed by atoms with E-state index in [9.17, 15) is 9.50 Å². The molecule has 4 aliphatic carbocycles. The Balaban J connectivity index is 0.000000739. The van der Waals surface area contributed by atoms with E-state index in [4.69, 9.17) is 0 Å². The van der Waals surface area contributed by atoms with Gasteiger partial charge in [-0.15, -0.1) is 0 Å². The lowest BCUT2D eigenvalue weighted by Gasteiger charge is -2.56. The maximum Gasteiger partial charge on any atom is 0.115 e. The molecule has 186 valence electrons. The number of alkyl halides is 1. The van der Waals surface area contributed by atoms with E-state index >= 15 is 0 Å². The third kappa shape index (κ3) is 6.07. The fourth-order valence-electron chi connectivity index (χ4n) is 8.41. The van der Waals surface area contributed by atoms with E-state index in [1.54, 1.807) is 0 Å². The fourth-order valence-corrected chi connectivity index (χ4v) is 8.41. The molecule has 4 aliphatic rings. The number of rotatable bonds is 3. The van der Waals surface area contributed by atoms with Crippen LogP contribution in [0.15, 0.2) is 0 Å². The van der Waals surface area contributed by atoms with Crippen LogP contribution in [-0.2, 0) is 0 Å². The second-order valence-electron chi connectivity index (χ2n) is 10.8. The van der Waals surface area contributed by atoms with Crippen molar-refractivity contribution in [3.63, 3.8) is 0 Å². The van der Waals surface area contributed by atoms with Crippen LogP contribution < -0.4 is 0 Å². The van der Waals surface area contributed by atoms with Crippen molar-refractivity contribution in [2.75, 3.05) is 6.67 Å². The van der Waals surface area contributed by atoms with E-state index < -0.39 is 12.8 Å². The maximum absolute atomic E-state index is 13.0. The van der Waals surface area contributed by atoms with Crippen molar-refractivity contribution in [2.24, 2.45) is 52.8 Å². The molecule has 31 heavy (non-hydrogen) atoms. The molecule has 0 aliphatic heterocycles. The Hall–Kier alpha value is -0.110. The predicted octanol–water partition coefficient (Wildman–Crippen LogP) is 8.94. The van der Waals surface area contributed by atoms with Gasteiger partial charge in [-0.05, 0) is 104 Å². The molecule has 4 saturated carbocycles. The summed E-state index contributed by atoms with van der Waals surface area (Å²) in [6.07, 6.45) is 11.3. The zero-order valence-electron chi connectivity index (χ0n) is 22.6. The van der Waals surface area contributed by atoms with E-state index in [2.05, 4.69) is 20.8 Å². The first-order valence-electron chi connectivity index (χ1n) is 14.2. The van der Waals surface area contributed by atoms with Gasteiger partial charge in [0.1, 0.15) is 6.67 Å². The van der Waals surface area contributed by atoms with Crippen LogP contribution in [0.5, 0.6) is 0 Å². The number of aliphatic hydroxyl groups excluding tert-OH is 1. The standard InChI is InChI=1S/C23H39FO.3C2H6/c1-14-4-6-18-16(10-14)5-7-20-19(18)8-9-23(3)21(12-17(25)13-24)15(2)11-22(20)23;3*1-2/h14-22,25H,4-13H2,1-3H3;3*1-2H3/t14-,15+,16+,17?,18-,19?,20+,21?,22?,23+;;;/m0.../s1. The number of halogens is 1. The van der Waals surface area contributed by atoms with Gasteiger partial charge in [0.25, 0.3) is 0 Å². The number of fused-ring (bicyclic) bond motifs is 5. The quantitative estimate of drug-likeness (QED) is 0.464. The Kier molecular flexibility index (Phi) is 12.7. The molecular weight excluding hydrogens is 383 g/mol. The summed E-state index contributed by atoms with van der Waals surface area (Å²) >= 11 is 0. The molecule has 4 rings (SSSR count). The molecule has 0 bridgehead atoms. The summed E-state index contributed by atoms with van der Waals surface area (Å²) in [7, 11) is 0. The highest BCUT2D eigenvalue weighted by Crippen LogP contribution is 2.66. The zero-order valence-corrected chi connectivity index (χ0v) is 22.6. The lowest BCUT2D eigenvalue weighted by molar-refractivity contribution is -0.0727. The molecule has 10 atom stereocenters. The molecule has 0 radical (unpaired) electrons. The molecule has 0 aromatic rings. The molecule has 0 heterocycles. The Morgan fingerprint density at radius 2 is 1.45 bits per heavy atom. The Bertz CT molecular complexity index is 479. The summed E-state index contributed by atoms with van der Waals surface area (Å²) in [4.78, 5) is 0. The first kappa shape index (κ1) is 28.9. The molecule has 0 spiro atoms. The second-order valence-corrected chi connectivity index (χ2v) is 10.8. The number of hydrogen-bond acceptors (Lipinski definition) is 1. The van der Waals surface area contributed by atoms with E-state index in [0.717, 1.165) is 35.5 Å². The molecule has 2 heteroatoms. The monoisotopic (exact) mass is 440 g/mol. The average Bonchev–Trinajstić information content (AvgIpc) is 3.07. The summed E-state index contributed by atoms with van der Waals surface area (Å²) in [5, 5.41) is 9.98. The molecule has 1 N–H and O–H groups in total. The normalized spacial score (nSPS) is 43.8.